The Bertz CT molecular complexity index is 428. The van der Waals surface area contributed by atoms with E-state index < -0.39 is 12.0 Å². The first-order valence-electron chi connectivity index (χ1n) is 5.93. The first-order valence-corrected chi connectivity index (χ1v) is 5.93. The Hall–Kier alpha value is -2.24. The fraction of sp³-hybridized carbons (Fsp3) is 0.385. The van der Waals surface area contributed by atoms with Crippen LogP contribution in [0.2, 0.25) is 0 Å². The van der Waals surface area contributed by atoms with Crippen molar-refractivity contribution in [1.82, 2.24) is 10.2 Å². The summed E-state index contributed by atoms with van der Waals surface area (Å²) in [6, 6.07) is 3.01. The summed E-state index contributed by atoms with van der Waals surface area (Å²) in [7, 11) is 0. The maximum atomic E-state index is 11.9. The fourth-order valence-electron chi connectivity index (χ4n) is 1.62. The van der Waals surface area contributed by atoms with E-state index in [9.17, 15) is 9.59 Å². The number of amides is 2. The molecule has 0 saturated carbocycles. The van der Waals surface area contributed by atoms with E-state index in [-0.39, 0.29) is 19.1 Å². The minimum absolute atomic E-state index is 0.153. The average molecular weight is 266 g/mol. The van der Waals surface area contributed by atoms with Gasteiger partial charge in [-0.3, -0.25) is 4.79 Å². The first kappa shape index (κ1) is 14.8. The first-order chi connectivity index (χ1) is 9.02. The highest BCUT2D eigenvalue weighted by molar-refractivity contribution is 5.80. The molecular weight excluding hydrogens is 248 g/mol. The molecule has 1 aromatic rings. The van der Waals surface area contributed by atoms with Gasteiger partial charge in [-0.05, 0) is 19.1 Å². The number of furan rings is 1. The van der Waals surface area contributed by atoms with Gasteiger partial charge in [0, 0.05) is 19.0 Å². The predicted molar refractivity (Wildman–Crippen MR) is 69.8 cm³/mol. The van der Waals surface area contributed by atoms with Crippen LogP contribution in [0.3, 0.4) is 0 Å². The van der Waals surface area contributed by atoms with Crippen molar-refractivity contribution in [3.63, 3.8) is 0 Å². The minimum Gasteiger partial charge on any atom is -0.480 e. The lowest BCUT2D eigenvalue weighted by Gasteiger charge is -2.22. The van der Waals surface area contributed by atoms with Crippen LogP contribution >= 0.6 is 0 Å². The van der Waals surface area contributed by atoms with E-state index >= 15 is 0 Å². The van der Waals surface area contributed by atoms with Gasteiger partial charge in [-0.25, -0.2) is 4.79 Å². The molecule has 1 rings (SSSR count). The van der Waals surface area contributed by atoms with Crippen molar-refractivity contribution in [3.05, 3.63) is 36.8 Å². The van der Waals surface area contributed by atoms with Crippen LogP contribution in [-0.4, -0.2) is 41.1 Å². The molecule has 0 aliphatic rings. The Morgan fingerprint density at radius 1 is 1.63 bits per heavy atom. The number of carboxylic acid groups (broad SMARTS) is 1. The summed E-state index contributed by atoms with van der Waals surface area (Å²) >= 11 is 0. The van der Waals surface area contributed by atoms with E-state index in [4.69, 9.17) is 9.52 Å². The summed E-state index contributed by atoms with van der Waals surface area (Å²) < 4.78 is 5.18. The zero-order valence-corrected chi connectivity index (χ0v) is 10.8. The molecule has 0 fully saturated rings. The van der Waals surface area contributed by atoms with Crippen LogP contribution in [0.4, 0.5) is 4.79 Å². The van der Waals surface area contributed by atoms with Crippen molar-refractivity contribution in [2.75, 3.05) is 13.1 Å². The van der Waals surface area contributed by atoms with Crippen LogP contribution in [0.25, 0.3) is 0 Å². The van der Waals surface area contributed by atoms with Gasteiger partial charge in [0.2, 0.25) is 0 Å². The van der Waals surface area contributed by atoms with Gasteiger partial charge in [-0.2, -0.15) is 0 Å². The van der Waals surface area contributed by atoms with Crippen LogP contribution in [0.5, 0.6) is 0 Å². The maximum Gasteiger partial charge on any atom is 0.323 e. The molecule has 6 nitrogen and oxygen atoms in total. The molecule has 1 atom stereocenters. The third kappa shape index (κ3) is 5.29. The van der Waals surface area contributed by atoms with Crippen molar-refractivity contribution in [2.24, 2.45) is 0 Å². The quantitative estimate of drug-likeness (QED) is 0.732. The summed E-state index contributed by atoms with van der Waals surface area (Å²) in [5.41, 5.74) is 0. The van der Waals surface area contributed by atoms with Gasteiger partial charge < -0.3 is 19.7 Å². The highest BCUT2D eigenvalue weighted by Gasteiger charge is 2.17. The number of nitrogens with zero attached hydrogens (tertiary/aromatic N) is 1. The molecule has 0 aliphatic heterocycles. The van der Waals surface area contributed by atoms with E-state index in [1.807, 2.05) is 13.0 Å². The number of rotatable bonds is 7. The topological polar surface area (TPSA) is 82.8 Å². The monoisotopic (exact) mass is 266 g/mol. The molecule has 6 heteroatoms. The summed E-state index contributed by atoms with van der Waals surface area (Å²) in [5, 5.41) is 11.5. The second-order valence-corrected chi connectivity index (χ2v) is 4.20. The predicted octanol–water partition coefficient (Wildman–Crippen LogP) is 1.49. The minimum atomic E-state index is -1.06. The van der Waals surface area contributed by atoms with Crippen LogP contribution in [0, 0.1) is 0 Å². The molecule has 0 aromatic carbocycles. The highest BCUT2D eigenvalue weighted by atomic mass is 16.4. The molecule has 19 heavy (non-hydrogen) atoms. The number of carbonyl (C=O) groups excluding carboxylic acids is 1. The average Bonchev–Trinajstić information content (AvgIpc) is 2.80. The zero-order valence-electron chi connectivity index (χ0n) is 10.8. The van der Waals surface area contributed by atoms with Gasteiger partial charge in [0.1, 0.15) is 12.3 Å². The summed E-state index contributed by atoms with van der Waals surface area (Å²) in [6.07, 6.45) is 3.60. The number of hydrogen-bond donors (Lipinski definition) is 2. The number of hydrogen-bond acceptors (Lipinski definition) is 3. The van der Waals surface area contributed by atoms with Crippen LogP contribution < -0.4 is 5.32 Å². The van der Waals surface area contributed by atoms with Gasteiger partial charge in [0.05, 0.1) is 6.26 Å². The van der Waals surface area contributed by atoms with Crippen molar-refractivity contribution in [2.45, 2.75) is 19.4 Å². The Kier molecular flexibility index (Phi) is 5.66. The SMILES string of the molecule is C=CCN(CC(=O)O)C(=O)NC(C)Cc1ccco1. The molecule has 0 saturated heterocycles. The Labute approximate surface area is 111 Å². The van der Waals surface area contributed by atoms with Crippen molar-refractivity contribution >= 4 is 12.0 Å². The number of carboxylic acids is 1. The summed E-state index contributed by atoms with van der Waals surface area (Å²) in [5.74, 6) is -0.294. The smallest absolute Gasteiger partial charge is 0.323 e. The molecule has 1 heterocycles. The molecule has 104 valence electrons. The van der Waals surface area contributed by atoms with Crippen molar-refractivity contribution in [1.29, 1.82) is 0 Å². The Morgan fingerprint density at radius 3 is 2.89 bits per heavy atom. The van der Waals surface area contributed by atoms with Crippen molar-refractivity contribution < 1.29 is 19.1 Å². The fourth-order valence-corrected chi connectivity index (χ4v) is 1.62. The Morgan fingerprint density at radius 2 is 2.37 bits per heavy atom. The highest BCUT2D eigenvalue weighted by Crippen LogP contribution is 2.04. The largest absolute Gasteiger partial charge is 0.480 e. The molecule has 0 radical (unpaired) electrons. The molecule has 0 spiro atoms. The van der Waals surface area contributed by atoms with Crippen LogP contribution in [0.1, 0.15) is 12.7 Å². The lowest BCUT2D eigenvalue weighted by molar-refractivity contribution is -0.137. The van der Waals surface area contributed by atoms with Gasteiger partial charge in [-0.15, -0.1) is 6.58 Å². The normalized spacial score (nSPS) is 11.6. The maximum absolute atomic E-state index is 11.9. The second kappa shape index (κ2) is 7.25. The molecule has 1 aromatic heterocycles. The standard InChI is InChI=1S/C13H18N2O4/c1-3-6-15(9-12(16)17)13(18)14-10(2)8-11-5-4-7-19-11/h3-5,7,10H,1,6,8-9H2,2H3,(H,14,18)(H,16,17). The summed E-state index contributed by atoms with van der Waals surface area (Å²) in [6.45, 7) is 5.16. The van der Waals surface area contributed by atoms with E-state index in [0.29, 0.717) is 6.42 Å². The van der Waals surface area contributed by atoms with E-state index in [2.05, 4.69) is 11.9 Å². The van der Waals surface area contributed by atoms with E-state index in [0.717, 1.165) is 5.76 Å². The number of nitrogens with one attached hydrogen (secondary N) is 1. The number of aliphatic carboxylic acids is 1. The summed E-state index contributed by atoms with van der Waals surface area (Å²) in [4.78, 5) is 23.7. The lowest BCUT2D eigenvalue weighted by Crippen LogP contribution is -2.46. The third-order valence-electron chi connectivity index (χ3n) is 2.42. The van der Waals surface area contributed by atoms with Crippen LogP contribution in [0.15, 0.2) is 35.5 Å². The van der Waals surface area contributed by atoms with Gasteiger partial charge >= 0.3 is 12.0 Å². The number of urea groups is 1. The van der Waals surface area contributed by atoms with Crippen LogP contribution in [-0.2, 0) is 11.2 Å². The van der Waals surface area contributed by atoms with Gasteiger partial charge in [0.25, 0.3) is 0 Å². The number of carbonyl (C=O) groups is 2. The Balaban J connectivity index is 2.50. The molecule has 0 bridgehead atoms. The molecular formula is C13H18N2O4. The molecule has 2 amide bonds. The molecule has 2 N–H and O–H groups in total. The molecule has 1 unspecified atom stereocenters. The second-order valence-electron chi connectivity index (χ2n) is 4.20. The van der Waals surface area contributed by atoms with Gasteiger partial charge in [-0.1, -0.05) is 6.08 Å². The molecule has 0 aliphatic carbocycles. The van der Waals surface area contributed by atoms with E-state index in [1.54, 1.807) is 12.3 Å². The lowest BCUT2D eigenvalue weighted by atomic mass is 10.2. The van der Waals surface area contributed by atoms with Crippen molar-refractivity contribution in [3.8, 4) is 0 Å². The van der Waals surface area contributed by atoms with Gasteiger partial charge in [0.15, 0.2) is 0 Å². The zero-order chi connectivity index (χ0) is 14.3. The van der Waals surface area contributed by atoms with E-state index in [1.165, 1.54) is 11.0 Å². The third-order valence-corrected chi connectivity index (χ3v) is 2.42.